The van der Waals surface area contributed by atoms with Crippen molar-refractivity contribution in [2.75, 3.05) is 11.9 Å². The lowest BCUT2D eigenvalue weighted by Gasteiger charge is -2.16. The lowest BCUT2D eigenvalue weighted by Crippen LogP contribution is -2.38. The molecule has 0 fully saturated rings. The Morgan fingerprint density at radius 3 is 2.56 bits per heavy atom. The van der Waals surface area contributed by atoms with Crippen molar-refractivity contribution in [3.63, 3.8) is 0 Å². The molecule has 0 saturated carbocycles. The molecule has 3 nitrogen and oxygen atoms in total. The summed E-state index contributed by atoms with van der Waals surface area (Å²) in [5, 5.41) is 6.64. The predicted molar refractivity (Wildman–Crippen MR) is 77.0 cm³/mol. The number of carbonyl (C=O) groups is 1. The van der Waals surface area contributed by atoms with Crippen LogP contribution in [0.5, 0.6) is 0 Å². The number of hydrogen-bond acceptors (Lipinski definition) is 2. The maximum atomic E-state index is 11.8. The molecule has 1 aromatic carbocycles. The van der Waals surface area contributed by atoms with Gasteiger partial charge in [0.2, 0.25) is 5.91 Å². The van der Waals surface area contributed by atoms with E-state index in [1.807, 2.05) is 25.1 Å². The minimum atomic E-state index is -0.294. The highest BCUT2D eigenvalue weighted by Gasteiger charge is 2.13. The minimum absolute atomic E-state index is 0.00410. The Morgan fingerprint density at radius 1 is 1.28 bits per heavy atom. The first-order valence-corrected chi connectivity index (χ1v) is 6.67. The molecule has 0 aromatic heterocycles. The monoisotopic (exact) mass is 268 g/mol. The van der Waals surface area contributed by atoms with Crippen molar-refractivity contribution in [2.45, 2.75) is 33.2 Å². The van der Waals surface area contributed by atoms with E-state index in [9.17, 15) is 4.79 Å². The largest absolute Gasteiger partial charge is 0.373 e. The third-order valence-electron chi connectivity index (χ3n) is 2.66. The van der Waals surface area contributed by atoms with E-state index in [1.165, 1.54) is 0 Å². The quantitative estimate of drug-likeness (QED) is 0.831. The molecule has 2 N–H and O–H groups in total. The van der Waals surface area contributed by atoms with Gasteiger partial charge in [0.25, 0.3) is 0 Å². The molecule has 0 heterocycles. The zero-order chi connectivity index (χ0) is 13.5. The van der Waals surface area contributed by atoms with Crippen LogP contribution in [0.15, 0.2) is 24.3 Å². The molecule has 1 amide bonds. The lowest BCUT2D eigenvalue weighted by atomic mass is 10.1. The van der Waals surface area contributed by atoms with E-state index in [4.69, 9.17) is 11.6 Å². The van der Waals surface area contributed by atoms with Crippen LogP contribution in [0, 0.1) is 5.92 Å². The van der Waals surface area contributed by atoms with Gasteiger partial charge in [-0.15, -0.1) is 0 Å². The van der Waals surface area contributed by atoms with Crippen molar-refractivity contribution in [1.29, 1.82) is 0 Å². The van der Waals surface area contributed by atoms with Gasteiger partial charge in [-0.1, -0.05) is 37.6 Å². The molecule has 0 radical (unpaired) electrons. The first-order valence-electron chi connectivity index (χ1n) is 6.29. The number of rotatable bonds is 6. The average Bonchev–Trinajstić information content (AvgIpc) is 2.31. The number of halogens is 1. The van der Waals surface area contributed by atoms with Crippen LogP contribution < -0.4 is 10.6 Å². The van der Waals surface area contributed by atoms with Crippen molar-refractivity contribution in [2.24, 2.45) is 5.92 Å². The molecule has 100 valence electrons. The van der Waals surface area contributed by atoms with Gasteiger partial charge in [0.1, 0.15) is 6.04 Å². The molecule has 0 saturated heterocycles. The molecule has 0 spiro atoms. The molecule has 0 aliphatic carbocycles. The maximum Gasteiger partial charge on any atom is 0.242 e. The Morgan fingerprint density at radius 2 is 1.94 bits per heavy atom. The van der Waals surface area contributed by atoms with Gasteiger partial charge in [-0.3, -0.25) is 4.79 Å². The van der Waals surface area contributed by atoms with E-state index in [0.717, 1.165) is 12.1 Å². The number of benzene rings is 1. The zero-order valence-electron chi connectivity index (χ0n) is 11.2. The van der Waals surface area contributed by atoms with Gasteiger partial charge < -0.3 is 10.6 Å². The Bertz CT molecular complexity index is 393. The third kappa shape index (κ3) is 4.96. The predicted octanol–water partition coefficient (Wildman–Crippen LogP) is 3.30. The summed E-state index contributed by atoms with van der Waals surface area (Å²) in [4.78, 5) is 11.8. The molecule has 1 rings (SSSR count). The van der Waals surface area contributed by atoms with Gasteiger partial charge in [-0.2, -0.15) is 0 Å². The number of hydrogen-bond donors (Lipinski definition) is 2. The smallest absolute Gasteiger partial charge is 0.242 e. The highest BCUT2D eigenvalue weighted by atomic mass is 35.5. The second kappa shape index (κ2) is 7.27. The van der Waals surface area contributed by atoms with Crippen molar-refractivity contribution in [3.05, 3.63) is 29.3 Å². The molecule has 1 atom stereocenters. The van der Waals surface area contributed by atoms with Crippen LogP contribution in [-0.2, 0) is 4.79 Å². The van der Waals surface area contributed by atoms with Gasteiger partial charge in [-0.05, 0) is 31.4 Å². The van der Waals surface area contributed by atoms with Gasteiger partial charge in [0.05, 0.1) is 10.7 Å². The van der Waals surface area contributed by atoms with Gasteiger partial charge >= 0.3 is 0 Å². The summed E-state index contributed by atoms with van der Waals surface area (Å²) in [6.45, 7) is 6.81. The van der Waals surface area contributed by atoms with E-state index < -0.39 is 0 Å². The first-order chi connectivity index (χ1) is 8.50. The summed E-state index contributed by atoms with van der Waals surface area (Å²) in [7, 11) is 0. The molecule has 18 heavy (non-hydrogen) atoms. The van der Waals surface area contributed by atoms with E-state index in [1.54, 1.807) is 6.07 Å². The fourth-order valence-electron chi connectivity index (χ4n) is 1.51. The van der Waals surface area contributed by atoms with E-state index in [0.29, 0.717) is 17.5 Å². The normalized spacial score (nSPS) is 12.3. The van der Waals surface area contributed by atoms with Crippen molar-refractivity contribution >= 4 is 23.2 Å². The Labute approximate surface area is 114 Å². The lowest BCUT2D eigenvalue weighted by molar-refractivity contribution is -0.121. The molecule has 0 bridgehead atoms. The van der Waals surface area contributed by atoms with Crippen molar-refractivity contribution < 1.29 is 4.79 Å². The van der Waals surface area contributed by atoms with Crippen LogP contribution in [0.25, 0.3) is 0 Å². The third-order valence-corrected chi connectivity index (χ3v) is 2.99. The van der Waals surface area contributed by atoms with Gasteiger partial charge in [-0.25, -0.2) is 0 Å². The molecule has 1 aromatic rings. The van der Waals surface area contributed by atoms with Crippen LogP contribution >= 0.6 is 11.6 Å². The summed E-state index contributed by atoms with van der Waals surface area (Å²) in [5.41, 5.74) is 0.783. The summed E-state index contributed by atoms with van der Waals surface area (Å²) >= 11 is 6.02. The van der Waals surface area contributed by atoms with E-state index in [-0.39, 0.29) is 11.9 Å². The molecule has 4 heteroatoms. The SMILES string of the molecule is CC(C)CCNC(=O)C(C)Nc1ccccc1Cl. The Balaban J connectivity index is 2.43. The number of amides is 1. The standard InChI is InChI=1S/C14H21ClN2O/c1-10(2)8-9-16-14(18)11(3)17-13-7-5-4-6-12(13)15/h4-7,10-11,17H,8-9H2,1-3H3,(H,16,18). The van der Waals surface area contributed by atoms with Crippen LogP contribution in [-0.4, -0.2) is 18.5 Å². The maximum absolute atomic E-state index is 11.8. The number of nitrogens with one attached hydrogen (secondary N) is 2. The summed E-state index contributed by atoms with van der Waals surface area (Å²) < 4.78 is 0. The zero-order valence-corrected chi connectivity index (χ0v) is 11.9. The van der Waals surface area contributed by atoms with Gasteiger partial charge in [0.15, 0.2) is 0 Å². The van der Waals surface area contributed by atoms with Crippen molar-refractivity contribution in [3.8, 4) is 0 Å². The van der Waals surface area contributed by atoms with Crippen LogP contribution in [0.1, 0.15) is 27.2 Å². The Kier molecular flexibility index (Phi) is 5.99. The first kappa shape index (κ1) is 14.8. The van der Waals surface area contributed by atoms with E-state index in [2.05, 4.69) is 24.5 Å². The minimum Gasteiger partial charge on any atom is -0.373 e. The molecule has 1 unspecified atom stereocenters. The fourth-order valence-corrected chi connectivity index (χ4v) is 1.70. The van der Waals surface area contributed by atoms with Gasteiger partial charge in [0, 0.05) is 6.54 Å². The van der Waals surface area contributed by atoms with E-state index >= 15 is 0 Å². The number of para-hydroxylation sites is 1. The molecule has 0 aliphatic heterocycles. The highest BCUT2D eigenvalue weighted by Crippen LogP contribution is 2.21. The van der Waals surface area contributed by atoms with Crippen LogP contribution in [0.3, 0.4) is 0 Å². The summed E-state index contributed by atoms with van der Waals surface area (Å²) in [5.74, 6) is 0.590. The summed E-state index contributed by atoms with van der Waals surface area (Å²) in [6, 6.07) is 7.11. The highest BCUT2D eigenvalue weighted by molar-refractivity contribution is 6.33. The number of anilines is 1. The molecular formula is C14H21ClN2O. The van der Waals surface area contributed by atoms with Crippen LogP contribution in [0.4, 0.5) is 5.69 Å². The van der Waals surface area contributed by atoms with Crippen LogP contribution in [0.2, 0.25) is 5.02 Å². The molecule has 0 aliphatic rings. The second-order valence-corrected chi connectivity index (χ2v) is 5.23. The topological polar surface area (TPSA) is 41.1 Å². The molecular weight excluding hydrogens is 248 g/mol. The fraction of sp³-hybridized carbons (Fsp3) is 0.500. The van der Waals surface area contributed by atoms with Crippen molar-refractivity contribution in [1.82, 2.24) is 5.32 Å². The average molecular weight is 269 g/mol. The Hall–Kier alpha value is -1.22. The number of carbonyl (C=O) groups excluding carboxylic acids is 1. The second-order valence-electron chi connectivity index (χ2n) is 4.82. The summed E-state index contributed by atoms with van der Waals surface area (Å²) in [6.07, 6.45) is 0.991.